The van der Waals surface area contributed by atoms with Gasteiger partial charge in [-0.2, -0.15) is 4.31 Å². The number of nitrogens with one attached hydrogen (secondary N) is 1. The molecule has 1 amide bonds. The highest BCUT2D eigenvalue weighted by Crippen LogP contribution is 2.35. The molecule has 28 heavy (non-hydrogen) atoms. The first-order valence-electron chi connectivity index (χ1n) is 10.3. The van der Waals surface area contributed by atoms with Gasteiger partial charge in [0, 0.05) is 31.4 Å². The number of hydrogen-bond acceptors (Lipinski definition) is 4. The van der Waals surface area contributed by atoms with Gasteiger partial charge in [0.15, 0.2) is 0 Å². The Morgan fingerprint density at radius 1 is 1.14 bits per heavy atom. The van der Waals surface area contributed by atoms with Crippen LogP contribution in [0.5, 0.6) is 0 Å². The minimum atomic E-state index is -3.65. The van der Waals surface area contributed by atoms with E-state index in [1.165, 1.54) is 36.1 Å². The monoisotopic (exact) mass is 425 g/mol. The lowest BCUT2D eigenvalue weighted by atomic mass is 10.2. The summed E-state index contributed by atoms with van der Waals surface area (Å²) in [7, 11) is -3.65. The van der Waals surface area contributed by atoms with Gasteiger partial charge in [-0.15, -0.1) is 0 Å². The smallest absolute Gasteiger partial charge is 0.244 e. The number of carbonyl (C=O) groups is 1. The number of anilines is 1. The molecule has 0 bridgehead atoms. The largest absolute Gasteiger partial charge is 0.325 e. The highest BCUT2D eigenvalue weighted by molar-refractivity contribution is 7.89. The third kappa shape index (κ3) is 4.87. The molecule has 0 spiro atoms. The minimum Gasteiger partial charge on any atom is -0.325 e. The van der Waals surface area contributed by atoms with Crippen molar-refractivity contribution in [2.75, 3.05) is 31.5 Å². The molecule has 1 N–H and O–H groups in total. The third-order valence-corrected chi connectivity index (χ3v) is 8.13. The molecule has 0 atom stereocenters. The quantitative estimate of drug-likeness (QED) is 0.693. The van der Waals surface area contributed by atoms with E-state index in [4.69, 9.17) is 11.6 Å². The Morgan fingerprint density at radius 2 is 1.86 bits per heavy atom. The summed E-state index contributed by atoms with van der Waals surface area (Å²) in [5.41, 5.74) is 0.479. The normalized spacial score (nSPS) is 21.1. The average Bonchev–Trinajstić information content (AvgIpc) is 3.57. The van der Waals surface area contributed by atoms with E-state index in [1.54, 1.807) is 12.1 Å². The van der Waals surface area contributed by atoms with Crippen molar-refractivity contribution in [3.05, 3.63) is 23.2 Å². The molecule has 2 aliphatic carbocycles. The van der Waals surface area contributed by atoms with E-state index >= 15 is 0 Å². The molecule has 1 aliphatic heterocycles. The summed E-state index contributed by atoms with van der Waals surface area (Å²) in [6.07, 6.45) is 7.64. The van der Waals surface area contributed by atoms with Crippen LogP contribution in [0.2, 0.25) is 5.02 Å². The summed E-state index contributed by atoms with van der Waals surface area (Å²) in [5, 5.41) is 3.06. The first-order valence-corrected chi connectivity index (χ1v) is 12.1. The van der Waals surface area contributed by atoms with Crippen molar-refractivity contribution in [3.63, 3.8) is 0 Å². The highest BCUT2D eigenvalue weighted by atomic mass is 35.5. The zero-order valence-electron chi connectivity index (χ0n) is 16.1. The first-order chi connectivity index (χ1) is 13.4. The van der Waals surface area contributed by atoms with Crippen LogP contribution in [0.4, 0.5) is 5.69 Å². The molecule has 0 unspecified atom stereocenters. The number of rotatable bonds is 8. The van der Waals surface area contributed by atoms with Crippen molar-refractivity contribution in [2.24, 2.45) is 5.92 Å². The summed E-state index contributed by atoms with van der Waals surface area (Å²) >= 11 is 6.21. The standard InChI is InChI=1S/C20H28ClN3O3S/c21-18-9-6-16(12-19(18)28(26,27)24-10-2-1-3-11-24)22-20(25)14-23(17-7-8-17)13-15-4-5-15/h6,9,12,15,17H,1-5,7-8,10-11,13-14H2,(H,22,25). The van der Waals surface area contributed by atoms with Gasteiger partial charge in [-0.05, 0) is 62.6 Å². The van der Waals surface area contributed by atoms with Crippen molar-refractivity contribution in [1.29, 1.82) is 0 Å². The van der Waals surface area contributed by atoms with Gasteiger partial charge in [0.2, 0.25) is 15.9 Å². The molecule has 6 nitrogen and oxygen atoms in total. The number of piperidine rings is 1. The summed E-state index contributed by atoms with van der Waals surface area (Å²) < 4.78 is 27.4. The molecule has 4 rings (SSSR count). The fourth-order valence-electron chi connectivity index (χ4n) is 3.82. The maximum atomic E-state index is 13.0. The van der Waals surface area contributed by atoms with Crippen LogP contribution in [0.15, 0.2) is 23.1 Å². The van der Waals surface area contributed by atoms with Gasteiger partial charge in [-0.3, -0.25) is 9.69 Å². The second kappa shape index (κ2) is 8.30. The van der Waals surface area contributed by atoms with Crippen LogP contribution >= 0.6 is 11.6 Å². The maximum absolute atomic E-state index is 13.0. The van der Waals surface area contributed by atoms with Crippen LogP contribution in [0.3, 0.4) is 0 Å². The Kier molecular flexibility index (Phi) is 5.97. The number of carbonyl (C=O) groups excluding carboxylic acids is 1. The molecule has 1 aromatic rings. The van der Waals surface area contributed by atoms with E-state index < -0.39 is 10.0 Å². The van der Waals surface area contributed by atoms with Crippen LogP contribution in [-0.4, -0.2) is 55.8 Å². The van der Waals surface area contributed by atoms with E-state index in [9.17, 15) is 13.2 Å². The topological polar surface area (TPSA) is 69.7 Å². The number of halogens is 1. The van der Waals surface area contributed by atoms with Crippen LogP contribution < -0.4 is 5.32 Å². The zero-order valence-corrected chi connectivity index (χ0v) is 17.6. The van der Waals surface area contributed by atoms with Gasteiger partial charge in [0.1, 0.15) is 4.90 Å². The molecular formula is C20H28ClN3O3S. The fraction of sp³-hybridized carbons (Fsp3) is 0.650. The van der Waals surface area contributed by atoms with Gasteiger partial charge < -0.3 is 5.32 Å². The second-order valence-electron chi connectivity index (χ2n) is 8.26. The van der Waals surface area contributed by atoms with E-state index in [0.717, 1.165) is 31.7 Å². The van der Waals surface area contributed by atoms with Gasteiger partial charge in [0.25, 0.3) is 0 Å². The van der Waals surface area contributed by atoms with Crippen molar-refractivity contribution in [1.82, 2.24) is 9.21 Å². The molecule has 0 radical (unpaired) electrons. The Morgan fingerprint density at radius 3 is 2.50 bits per heavy atom. The number of hydrogen-bond donors (Lipinski definition) is 1. The minimum absolute atomic E-state index is 0.0749. The fourth-order valence-corrected chi connectivity index (χ4v) is 5.84. The lowest BCUT2D eigenvalue weighted by Gasteiger charge is -2.26. The molecule has 0 aromatic heterocycles. The molecule has 1 heterocycles. The summed E-state index contributed by atoms with van der Waals surface area (Å²) in [4.78, 5) is 14.9. The maximum Gasteiger partial charge on any atom is 0.244 e. The Bertz CT molecular complexity index is 831. The Hall–Kier alpha value is -1.15. The molecule has 3 aliphatic rings. The predicted octanol–water partition coefficient (Wildman–Crippen LogP) is 3.33. The van der Waals surface area contributed by atoms with Crippen LogP contribution in [0, 0.1) is 5.92 Å². The van der Waals surface area contributed by atoms with E-state index in [-0.39, 0.29) is 15.8 Å². The van der Waals surface area contributed by atoms with Crippen molar-refractivity contribution in [2.45, 2.75) is 55.9 Å². The number of amides is 1. The van der Waals surface area contributed by atoms with E-state index in [2.05, 4.69) is 10.2 Å². The third-order valence-electron chi connectivity index (χ3n) is 5.75. The zero-order chi connectivity index (χ0) is 19.7. The van der Waals surface area contributed by atoms with Crippen LogP contribution in [0.25, 0.3) is 0 Å². The second-order valence-corrected chi connectivity index (χ2v) is 10.6. The van der Waals surface area contributed by atoms with Crippen molar-refractivity contribution >= 4 is 33.2 Å². The molecule has 1 aromatic carbocycles. The lowest BCUT2D eigenvalue weighted by Crippen LogP contribution is -2.36. The highest BCUT2D eigenvalue weighted by Gasteiger charge is 2.34. The average molecular weight is 426 g/mol. The van der Waals surface area contributed by atoms with E-state index in [1.807, 2.05) is 0 Å². The number of sulfonamides is 1. The van der Waals surface area contributed by atoms with Crippen LogP contribution in [0.1, 0.15) is 44.9 Å². The van der Waals surface area contributed by atoms with E-state index in [0.29, 0.717) is 31.4 Å². The van der Waals surface area contributed by atoms with Gasteiger partial charge in [-0.1, -0.05) is 18.0 Å². The lowest BCUT2D eigenvalue weighted by molar-refractivity contribution is -0.117. The van der Waals surface area contributed by atoms with Crippen molar-refractivity contribution < 1.29 is 13.2 Å². The summed E-state index contributed by atoms with van der Waals surface area (Å²) in [5.74, 6) is 0.640. The molecule has 8 heteroatoms. The summed E-state index contributed by atoms with van der Waals surface area (Å²) in [6.45, 7) is 2.39. The van der Waals surface area contributed by atoms with Gasteiger partial charge >= 0.3 is 0 Å². The van der Waals surface area contributed by atoms with Crippen molar-refractivity contribution in [3.8, 4) is 0 Å². The molecule has 1 saturated heterocycles. The first kappa shape index (κ1) is 20.1. The Balaban J connectivity index is 1.44. The predicted molar refractivity (Wildman–Crippen MR) is 110 cm³/mol. The SMILES string of the molecule is O=C(CN(CC1CC1)C1CC1)Nc1ccc(Cl)c(S(=O)(=O)N2CCCCC2)c1. The summed E-state index contributed by atoms with van der Waals surface area (Å²) in [6, 6.07) is 5.24. The molecule has 154 valence electrons. The van der Waals surface area contributed by atoms with Gasteiger partial charge in [-0.25, -0.2) is 8.42 Å². The van der Waals surface area contributed by atoms with Crippen LogP contribution in [-0.2, 0) is 14.8 Å². The molecule has 3 fully saturated rings. The molecule has 2 saturated carbocycles. The number of benzene rings is 1. The van der Waals surface area contributed by atoms with Gasteiger partial charge in [0.05, 0.1) is 11.6 Å². The number of nitrogens with zero attached hydrogens (tertiary/aromatic N) is 2. The molecular weight excluding hydrogens is 398 g/mol. The Labute approximate surface area is 172 Å².